The van der Waals surface area contributed by atoms with Crippen LogP contribution in [-0.4, -0.2) is 15.8 Å². The standard InChI is InChI=1S/C13H9BrN4O5/c14-10-4-2-1-3-9(10)13(19)16-15-11-6-5-8(17(20)21)7-12(11)18(22)23/h1-7,15H,(H,16,19). The molecule has 0 spiro atoms. The Morgan fingerprint density at radius 1 is 1.04 bits per heavy atom. The van der Waals surface area contributed by atoms with Gasteiger partial charge in [0.25, 0.3) is 11.6 Å². The fourth-order valence-corrected chi connectivity index (χ4v) is 2.19. The number of hydrogen-bond donors (Lipinski definition) is 2. The number of hydrogen-bond acceptors (Lipinski definition) is 6. The molecule has 0 aromatic heterocycles. The smallest absolute Gasteiger partial charge is 0.292 e. The molecule has 0 aliphatic carbocycles. The summed E-state index contributed by atoms with van der Waals surface area (Å²) in [5.41, 5.74) is 4.02. The van der Waals surface area contributed by atoms with Gasteiger partial charge in [-0.05, 0) is 34.1 Å². The minimum absolute atomic E-state index is 0.0685. The van der Waals surface area contributed by atoms with Gasteiger partial charge in [0.15, 0.2) is 0 Å². The Labute approximate surface area is 137 Å². The van der Waals surface area contributed by atoms with Crippen LogP contribution in [0.25, 0.3) is 0 Å². The van der Waals surface area contributed by atoms with Crippen molar-refractivity contribution in [3.05, 3.63) is 72.7 Å². The molecule has 0 fully saturated rings. The molecule has 0 aliphatic heterocycles. The van der Waals surface area contributed by atoms with Crippen molar-refractivity contribution in [2.75, 3.05) is 5.43 Å². The molecule has 0 heterocycles. The molecule has 0 saturated carbocycles. The molecule has 118 valence electrons. The third-order valence-electron chi connectivity index (χ3n) is 2.82. The van der Waals surface area contributed by atoms with Crippen molar-refractivity contribution in [1.29, 1.82) is 0 Å². The lowest BCUT2D eigenvalue weighted by molar-refractivity contribution is -0.393. The van der Waals surface area contributed by atoms with Crippen LogP contribution < -0.4 is 10.9 Å². The SMILES string of the molecule is O=C(NNc1ccc([N+](=O)[O-])cc1[N+](=O)[O-])c1ccccc1Br. The first-order valence-electron chi connectivity index (χ1n) is 6.14. The first-order chi connectivity index (χ1) is 10.9. The fourth-order valence-electron chi connectivity index (χ4n) is 1.73. The summed E-state index contributed by atoms with van der Waals surface area (Å²) in [4.78, 5) is 32.1. The second-order valence-corrected chi connectivity index (χ2v) is 5.13. The maximum atomic E-state index is 12.0. The number of nitro benzene ring substituents is 2. The van der Waals surface area contributed by atoms with E-state index in [1.807, 2.05) is 0 Å². The van der Waals surface area contributed by atoms with Gasteiger partial charge in [-0.25, -0.2) is 0 Å². The minimum atomic E-state index is -0.778. The Morgan fingerprint density at radius 3 is 2.35 bits per heavy atom. The van der Waals surface area contributed by atoms with Crippen LogP contribution in [0.1, 0.15) is 10.4 Å². The van der Waals surface area contributed by atoms with Crippen LogP contribution in [0.5, 0.6) is 0 Å². The Bertz CT molecular complexity index is 796. The van der Waals surface area contributed by atoms with Crippen LogP contribution in [0, 0.1) is 20.2 Å². The molecule has 0 aliphatic rings. The molecule has 0 unspecified atom stereocenters. The van der Waals surface area contributed by atoms with Crippen LogP contribution >= 0.6 is 15.9 Å². The van der Waals surface area contributed by atoms with Crippen molar-refractivity contribution < 1.29 is 14.6 Å². The van der Waals surface area contributed by atoms with Gasteiger partial charge >= 0.3 is 5.69 Å². The highest BCUT2D eigenvalue weighted by Crippen LogP contribution is 2.28. The van der Waals surface area contributed by atoms with Gasteiger partial charge in [-0.3, -0.25) is 35.9 Å². The molecule has 10 heteroatoms. The van der Waals surface area contributed by atoms with Crippen LogP contribution in [-0.2, 0) is 0 Å². The van der Waals surface area contributed by atoms with E-state index in [1.54, 1.807) is 24.3 Å². The lowest BCUT2D eigenvalue weighted by Gasteiger charge is -2.09. The van der Waals surface area contributed by atoms with Gasteiger partial charge in [0, 0.05) is 10.5 Å². The molecule has 2 N–H and O–H groups in total. The zero-order valence-electron chi connectivity index (χ0n) is 11.4. The van der Waals surface area contributed by atoms with E-state index in [4.69, 9.17) is 0 Å². The Hall–Kier alpha value is -3.01. The van der Waals surface area contributed by atoms with E-state index in [2.05, 4.69) is 26.8 Å². The van der Waals surface area contributed by atoms with E-state index in [0.717, 1.165) is 18.2 Å². The first kappa shape index (κ1) is 16.4. The summed E-state index contributed by atoms with van der Waals surface area (Å²) in [6.07, 6.45) is 0. The van der Waals surface area contributed by atoms with Crippen molar-refractivity contribution in [2.24, 2.45) is 0 Å². The number of nitro groups is 2. The summed E-state index contributed by atoms with van der Waals surface area (Å²) in [6.45, 7) is 0. The number of halogens is 1. The molecule has 0 bridgehead atoms. The highest BCUT2D eigenvalue weighted by Gasteiger charge is 2.20. The zero-order valence-corrected chi connectivity index (χ0v) is 12.9. The summed E-state index contributed by atoms with van der Waals surface area (Å²) in [5, 5.41) is 21.7. The van der Waals surface area contributed by atoms with E-state index in [9.17, 15) is 25.0 Å². The Balaban J connectivity index is 2.20. The largest absolute Gasteiger partial charge is 0.300 e. The molecule has 2 rings (SSSR count). The summed E-state index contributed by atoms with van der Waals surface area (Å²) in [5.74, 6) is -0.523. The van der Waals surface area contributed by atoms with E-state index >= 15 is 0 Å². The third-order valence-corrected chi connectivity index (χ3v) is 3.51. The molecule has 1 amide bonds. The maximum absolute atomic E-state index is 12.0. The average Bonchev–Trinajstić information content (AvgIpc) is 2.52. The molecule has 0 atom stereocenters. The molecule has 23 heavy (non-hydrogen) atoms. The Kier molecular flexibility index (Phi) is 4.86. The number of non-ortho nitro benzene ring substituents is 1. The molecule has 9 nitrogen and oxygen atoms in total. The number of anilines is 1. The zero-order chi connectivity index (χ0) is 17.0. The van der Waals surface area contributed by atoms with Gasteiger partial charge in [-0.2, -0.15) is 0 Å². The number of carbonyl (C=O) groups is 1. The maximum Gasteiger partial charge on any atom is 0.300 e. The van der Waals surface area contributed by atoms with Crippen molar-refractivity contribution in [3.63, 3.8) is 0 Å². The van der Waals surface area contributed by atoms with E-state index in [0.29, 0.717) is 10.0 Å². The number of nitrogens with zero attached hydrogens (tertiary/aromatic N) is 2. The quantitative estimate of drug-likeness (QED) is 0.605. The summed E-state index contributed by atoms with van der Waals surface area (Å²) in [6, 6.07) is 9.68. The lowest BCUT2D eigenvalue weighted by atomic mass is 10.2. The molecule has 0 saturated heterocycles. The predicted molar refractivity (Wildman–Crippen MR) is 85.0 cm³/mol. The molecular weight excluding hydrogens is 372 g/mol. The molecule has 0 radical (unpaired) electrons. The number of benzene rings is 2. The van der Waals surface area contributed by atoms with Gasteiger partial charge in [-0.15, -0.1) is 0 Å². The van der Waals surface area contributed by atoms with Gasteiger partial charge < -0.3 is 0 Å². The second-order valence-electron chi connectivity index (χ2n) is 4.27. The van der Waals surface area contributed by atoms with Crippen molar-refractivity contribution in [2.45, 2.75) is 0 Å². The van der Waals surface area contributed by atoms with Gasteiger partial charge in [0.1, 0.15) is 5.69 Å². The van der Waals surface area contributed by atoms with E-state index in [1.165, 1.54) is 0 Å². The predicted octanol–water partition coefficient (Wildman–Crippen LogP) is 3.02. The van der Waals surface area contributed by atoms with Crippen LogP contribution in [0.3, 0.4) is 0 Å². The van der Waals surface area contributed by atoms with Crippen LogP contribution in [0.2, 0.25) is 0 Å². The summed E-state index contributed by atoms with van der Waals surface area (Å²) in [7, 11) is 0. The van der Waals surface area contributed by atoms with Crippen molar-refractivity contribution in [1.82, 2.24) is 5.43 Å². The normalized spacial score (nSPS) is 9.96. The number of hydrazine groups is 1. The van der Waals surface area contributed by atoms with Crippen molar-refractivity contribution in [3.8, 4) is 0 Å². The van der Waals surface area contributed by atoms with Crippen molar-refractivity contribution >= 4 is 38.9 Å². The molecule has 2 aromatic carbocycles. The molecular formula is C13H9BrN4O5. The fraction of sp³-hybridized carbons (Fsp3) is 0. The topological polar surface area (TPSA) is 127 Å². The average molecular weight is 381 g/mol. The lowest BCUT2D eigenvalue weighted by Crippen LogP contribution is -2.29. The van der Waals surface area contributed by atoms with Gasteiger partial charge in [-0.1, -0.05) is 12.1 Å². The third kappa shape index (κ3) is 3.80. The first-order valence-corrected chi connectivity index (χ1v) is 6.93. The number of amides is 1. The van der Waals surface area contributed by atoms with Gasteiger partial charge in [0.2, 0.25) is 0 Å². The van der Waals surface area contributed by atoms with Crippen LogP contribution in [0.15, 0.2) is 46.9 Å². The highest BCUT2D eigenvalue weighted by molar-refractivity contribution is 9.10. The minimum Gasteiger partial charge on any atom is -0.292 e. The number of rotatable bonds is 5. The Morgan fingerprint density at radius 2 is 1.74 bits per heavy atom. The summed E-state index contributed by atoms with van der Waals surface area (Å²) >= 11 is 3.21. The van der Waals surface area contributed by atoms with E-state index in [-0.39, 0.29) is 5.69 Å². The number of nitrogens with one attached hydrogen (secondary N) is 2. The molecule has 2 aromatic rings. The number of carbonyl (C=O) groups excluding carboxylic acids is 1. The summed E-state index contributed by atoms with van der Waals surface area (Å²) < 4.78 is 0.553. The van der Waals surface area contributed by atoms with Gasteiger partial charge in [0.05, 0.1) is 21.5 Å². The van der Waals surface area contributed by atoms with E-state index < -0.39 is 27.1 Å². The van der Waals surface area contributed by atoms with Crippen LogP contribution in [0.4, 0.5) is 17.1 Å². The second kappa shape index (κ2) is 6.83. The highest BCUT2D eigenvalue weighted by atomic mass is 79.9. The monoisotopic (exact) mass is 380 g/mol.